The number of nitrogens with one attached hydrogen (secondary N) is 1. The number of hydrogen-bond acceptors (Lipinski definition) is 4. The highest BCUT2D eigenvalue weighted by atomic mass is 16.5. The quantitative estimate of drug-likeness (QED) is 0.814. The van der Waals surface area contributed by atoms with Crippen molar-refractivity contribution in [3.8, 4) is 5.88 Å². The maximum atomic E-state index is 12.4. The lowest BCUT2D eigenvalue weighted by Crippen LogP contribution is -2.46. The summed E-state index contributed by atoms with van der Waals surface area (Å²) < 4.78 is 5.07. The highest BCUT2D eigenvalue weighted by molar-refractivity contribution is 5.96. The zero-order chi connectivity index (χ0) is 17.6. The van der Waals surface area contributed by atoms with Gasteiger partial charge in [-0.2, -0.15) is 0 Å². The number of nitrogens with zero attached hydrogens (tertiary/aromatic N) is 1. The molecule has 1 aromatic heterocycles. The van der Waals surface area contributed by atoms with E-state index in [2.05, 4.69) is 10.3 Å². The Labute approximate surface area is 140 Å². The summed E-state index contributed by atoms with van der Waals surface area (Å²) in [7, 11) is 1.43. The molecule has 2 N–H and O–H groups in total. The Morgan fingerprint density at radius 1 is 1.21 bits per heavy atom. The standard InChI is InChI=1S/C18H20N2O4/c1-3-18(17(22)23,13-8-5-4-6-9-13)12-20-15(21)14-10-7-11-19-16(14)24-2/h4-11H,3,12H2,1-2H3,(H,20,21)(H,22,23). The number of carbonyl (C=O) groups excluding carboxylic acids is 1. The van der Waals surface area contributed by atoms with Crippen LogP contribution >= 0.6 is 0 Å². The molecule has 24 heavy (non-hydrogen) atoms. The topological polar surface area (TPSA) is 88.5 Å². The van der Waals surface area contributed by atoms with Crippen LogP contribution in [0, 0.1) is 0 Å². The third-order valence-electron chi connectivity index (χ3n) is 4.10. The van der Waals surface area contributed by atoms with E-state index in [4.69, 9.17) is 4.74 Å². The SMILES string of the molecule is CCC(CNC(=O)c1cccnc1OC)(C(=O)O)c1ccccc1. The number of amides is 1. The molecular weight excluding hydrogens is 308 g/mol. The highest BCUT2D eigenvalue weighted by Gasteiger charge is 2.39. The van der Waals surface area contributed by atoms with Gasteiger partial charge < -0.3 is 15.2 Å². The number of carboxylic acid groups (broad SMARTS) is 1. The third kappa shape index (κ3) is 3.37. The maximum absolute atomic E-state index is 12.4. The number of ether oxygens (including phenoxy) is 1. The van der Waals surface area contributed by atoms with Crippen molar-refractivity contribution in [3.05, 3.63) is 59.8 Å². The molecule has 2 aromatic rings. The van der Waals surface area contributed by atoms with Crippen LogP contribution in [0.25, 0.3) is 0 Å². The van der Waals surface area contributed by atoms with Crippen molar-refractivity contribution in [2.45, 2.75) is 18.8 Å². The first kappa shape index (κ1) is 17.5. The van der Waals surface area contributed by atoms with Crippen LogP contribution in [0.5, 0.6) is 5.88 Å². The molecule has 1 amide bonds. The normalized spacial score (nSPS) is 12.9. The fraction of sp³-hybridized carbons (Fsp3) is 0.278. The van der Waals surface area contributed by atoms with Gasteiger partial charge in [0, 0.05) is 12.7 Å². The predicted octanol–water partition coefficient (Wildman–Crippen LogP) is 2.25. The molecule has 126 valence electrons. The van der Waals surface area contributed by atoms with E-state index in [-0.39, 0.29) is 18.0 Å². The summed E-state index contributed by atoms with van der Waals surface area (Å²) in [4.78, 5) is 28.3. The van der Waals surface area contributed by atoms with Gasteiger partial charge in [-0.1, -0.05) is 37.3 Å². The van der Waals surface area contributed by atoms with Crippen molar-refractivity contribution in [1.29, 1.82) is 0 Å². The van der Waals surface area contributed by atoms with Gasteiger partial charge in [-0.15, -0.1) is 0 Å². The molecule has 0 saturated carbocycles. The van der Waals surface area contributed by atoms with E-state index in [0.717, 1.165) is 0 Å². The molecule has 6 heteroatoms. The van der Waals surface area contributed by atoms with E-state index >= 15 is 0 Å². The number of carbonyl (C=O) groups is 2. The van der Waals surface area contributed by atoms with Crippen LogP contribution in [0.2, 0.25) is 0 Å². The van der Waals surface area contributed by atoms with Crippen LogP contribution in [0.1, 0.15) is 29.3 Å². The van der Waals surface area contributed by atoms with Crippen molar-refractivity contribution in [2.75, 3.05) is 13.7 Å². The monoisotopic (exact) mass is 328 g/mol. The van der Waals surface area contributed by atoms with Crippen molar-refractivity contribution in [1.82, 2.24) is 10.3 Å². The van der Waals surface area contributed by atoms with Crippen LogP contribution in [0.15, 0.2) is 48.7 Å². The minimum absolute atomic E-state index is 0.0280. The third-order valence-corrected chi connectivity index (χ3v) is 4.10. The average molecular weight is 328 g/mol. The Hall–Kier alpha value is -2.89. The molecular formula is C18H20N2O4. The van der Waals surface area contributed by atoms with E-state index in [1.807, 2.05) is 6.07 Å². The lowest BCUT2D eigenvalue weighted by atomic mass is 9.78. The number of benzene rings is 1. The number of methoxy groups -OCH3 is 1. The van der Waals surface area contributed by atoms with Gasteiger partial charge in [-0.25, -0.2) is 4.98 Å². The van der Waals surface area contributed by atoms with Crippen LogP contribution in [-0.2, 0) is 10.2 Å². The maximum Gasteiger partial charge on any atom is 0.315 e. The van der Waals surface area contributed by atoms with E-state index in [1.165, 1.54) is 13.3 Å². The van der Waals surface area contributed by atoms with Crippen molar-refractivity contribution in [3.63, 3.8) is 0 Å². The molecule has 0 aliphatic heterocycles. The molecule has 1 heterocycles. The number of carboxylic acids is 1. The van der Waals surface area contributed by atoms with Crippen LogP contribution in [-0.4, -0.2) is 35.6 Å². The van der Waals surface area contributed by atoms with Crippen molar-refractivity contribution < 1.29 is 19.4 Å². The molecule has 0 fully saturated rings. The second-order valence-corrected chi connectivity index (χ2v) is 5.35. The summed E-state index contributed by atoms with van der Waals surface area (Å²) in [5.41, 5.74) is -0.270. The number of rotatable bonds is 7. The van der Waals surface area contributed by atoms with E-state index in [1.54, 1.807) is 43.3 Å². The summed E-state index contributed by atoms with van der Waals surface area (Å²) in [6, 6.07) is 12.1. The Kier molecular flexibility index (Phi) is 5.52. The molecule has 0 aliphatic rings. The lowest BCUT2D eigenvalue weighted by molar-refractivity contribution is -0.143. The first-order valence-electron chi connectivity index (χ1n) is 7.61. The summed E-state index contributed by atoms with van der Waals surface area (Å²) in [5, 5.41) is 12.5. The van der Waals surface area contributed by atoms with Gasteiger partial charge in [-0.3, -0.25) is 9.59 Å². The lowest BCUT2D eigenvalue weighted by Gasteiger charge is -2.29. The number of aromatic nitrogens is 1. The first-order valence-corrected chi connectivity index (χ1v) is 7.61. The largest absolute Gasteiger partial charge is 0.481 e. The Morgan fingerprint density at radius 2 is 1.92 bits per heavy atom. The second-order valence-electron chi connectivity index (χ2n) is 5.35. The summed E-state index contributed by atoms with van der Waals surface area (Å²) in [6.45, 7) is 1.76. The summed E-state index contributed by atoms with van der Waals surface area (Å²) in [6.07, 6.45) is 1.87. The predicted molar refractivity (Wildman–Crippen MR) is 89.2 cm³/mol. The van der Waals surface area contributed by atoms with Gasteiger partial charge in [-0.05, 0) is 24.1 Å². The molecule has 0 saturated heterocycles. The Balaban J connectivity index is 2.26. The summed E-state index contributed by atoms with van der Waals surface area (Å²) >= 11 is 0. The smallest absolute Gasteiger partial charge is 0.315 e. The van der Waals surface area contributed by atoms with Crippen LogP contribution in [0.4, 0.5) is 0 Å². The highest BCUT2D eigenvalue weighted by Crippen LogP contribution is 2.28. The Morgan fingerprint density at radius 3 is 2.50 bits per heavy atom. The number of aliphatic carboxylic acids is 1. The van der Waals surface area contributed by atoms with Crippen molar-refractivity contribution in [2.24, 2.45) is 0 Å². The molecule has 2 rings (SSSR count). The number of hydrogen-bond donors (Lipinski definition) is 2. The van der Waals surface area contributed by atoms with E-state index in [9.17, 15) is 14.7 Å². The molecule has 1 atom stereocenters. The zero-order valence-corrected chi connectivity index (χ0v) is 13.7. The molecule has 1 unspecified atom stereocenters. The first-order chi connectivity index (χ1) is 11.5. The second kappa shape index (κ2) is 7.59. The van der Waals surface area contributed by atoms with Gasteiger partial charge >= 0.3 is 5.97 Å². The zero-order valence-electron chi connectivity index (χ0n) is 13.7. The van der Waals surface area contributed by atoms with Gasteiger partial charge in [0.25, 0.3) is 5.91 Å². The average Bonchev–Trinajstić information content (AvgIpc) is 2.63. The Bertz CT molecular complexity index is 718. The number of pyridine rings is 1. The minimum Gasteiger partial charge on any atom is -0.481 e. The van der Waals surface area contributed by atoms with E-state index < -0.39 is 17.3 Å². The van der Waals surface area contributed by atoms with Gasteiger partial charge in [0.2, 0.25) is 5.88 Å². The van der Waals surface area contributed by atoms with Crippen LogP contribution in [0.3, 0.4) is 0 Å². The molecule has 6 nitrogen and oxygen atoms in total. The minimum atomic E-state index is -1.19. The fourth-order valence-electron chi connectivity index (χ4n) is 2.59. The molecule has 0 aliphatic carbocycles. The van der Waals surface area contributed by atoms with Gasteiger partial charge in [0.1, 0.15) is 11.0 Å². The van der Waals surface area contributed by atoms with Gasteiger partial charge in [0.05, 0.1) is 7.11 Å². The molecule has 0 spiro atoms. The van der Waals surface area contributed by atoms with Crippen LogP contribution < -0.4 is 10.1 Å². The molecule has 0 bridgehead atoms. The molecule has 0 radical (unpaired) electrons. The van der Waals surface area contributed by atoms with E-state index in [0.29, 0.717) is 12.0 Å². The molecule has 1 aromatic carbocycles. The van der Waals surface area contributed by atoms with Crippen molar-refractivity contribution >= 4 is 11.9 Å². The fourth-order valence-corrected chi connectivity index (χ4v) is 2.59. The summed E-state index contributed by atoms with van der Waals surface area (Å²) in [5.74, 6) is -1.20. The van der Waals surface area contributed by atoms with Gasteiger partial charge in [0.15, 0.2) is 0 Å².